The number of hydrogen-bond donors (Lipinski definition) is 7. The van der Waals surface area contributed by atoms with Crippen LogP contribution in [0.4, 0.5) is 0 Å². The molecule has 2 rings (SSSR count). The molecule has 14 heteroatoms. The second kappa shape index (κ2) is 16.3. The molecule has 1 fully saturated rings. The van der Waals surface area contributed by atoms with E-state index in [1.54, 1.807) is 24.3 Å². The number of nitrogens with one attached hydrogen (secondary N) is 4. The van der Waals surface area contributed by atoms with E-state index in [1.807, 2.05) is 19.9 Å². The number of nitrogens with zero attached hydrogens (tertiary/aromatic N) is 1. The van der Waals surface area contributed by atoms with Gasteiger partial charge in [0.1, 0.15) is 18.1 Å². The van der Waals surface area contributed by atoms with Gasteiger partial charge in [-0.3, -0.25) is 24.0 Å². The number of aliphatic carboxylic acids is 1. The Morgan fingerprint density at radius 3 is 2.27 bits per heavy atom. The third-order valence-corrected chi connectivity index (χ3v) is 6.51. The molecule has 1 saturated heterocycles. The third kappa shape index (κ3) is 10.8. The summed E-state index contributed by atoms with van der Waals surface area (Å²) < 4.78 is 0. The summed E-state index contributed by atoms with van der Waals surface area (Å²) in [6, 6.07) is 4.79. The number of carboxylic acid groups (broad SMARTS) is 1. The van der Waals surface area contributed by atoms with Gasteiger partial charge >= 0.3 is 5.97 Å². The summed E-state index contributed by atoms with van der Waals surface area (Å²) in [5.74, 6) is -4.40. The molecule has 1 aromatic carbocycles. The molecular formula is C27H40N6O8. The van der Waals surface area contributed by atoms with Gasteiger partial charge in [-0.15, -0.1) is 0 Å². The van der Waals surface area contributed by atoms with Crippen molar-refractivity contribution in [3.63, 3.8) is 0 Å². The van der Waals surface area contributed by atoms with Crippen molar-refractivity contribution in [3.05, 3.63) is 35.9 Å². The maximum Gasteiger partial charge on any atom is 0.326 e. The van der Waals surface area contributed by atoms with E-state index in [0.717, 1.165) is 5.56 Å². The number of carboxylic acids is 1. The normalized spacial score (nSPS) is 16.8. The molecule has 226 valence electrons. The first-order valence-electron chi connectivity index (χ1n) is 13.5. The zero-order valence-corrected chi connectivity index (χ0v) is 23.3. The van der Waals surface area contributed by atoms with E-state index in [9.17, 15) is 39.0 Å². The summed E-state index contributed by atoms with van der Waals surface area (Å²) in [5.41, 5.74) is 6.72. The molecule has 0 aromatic heterocycles. The van der Waals surface area contributed by atoms with Crippen molar-refractivity contribution >= 4 is 35.5 Å². The summed E-state index contributed by atoms with van der Waals surface area (Å²) in [5, 5.41) is 28.4. The highest BCUT2D eigenvalue weighted by atomic mass is 16.4. The van der Waals surface area contributed by atoms with Crippen molar-refractivity contribution in [1.29, 1.82) is 0 Å². The van der Waals surface area contributed by atoms with Crippen molar-refractivity contribution < 1.29 is 39.0 Å². The number of aliphatic hydroxyl groups excluding tert-OH is 1. The molecule has 1 aliphatic heterocycles. The fourth-order valence-electron chi connectivity index (χ4n) is 4.36. The fraction of sp³-hybridized carbons (Fsp3) is 0.556. The molecule has 8 N–H and O–H groups in total. The molecule has 0 radical (unpaired) electrons. The van der Waals surface area contributed by atoms with Crippen LogP contribution in [0.1, 0.15) is 38.7 Å². The lowest BCUT2D eigenvalue weighted by atomic mass is 10.0. The lowest BCUT2D eigenvalue weighted by Gasteiger charge is -2.26. The monoisotopic (exact) mass is 576 g/mol. The second-order valence-electron chi connectivity index (χ2n) is 10.3. The number of aliphatic hydroxyl groups is 1. The van der Waals surface area contributed by atoms with E-state index in [0.29, 0.717) is 12.8 Å². The Bertz CT molecular complexity index is 1080. The maximum absolute atomic E-state index is 12.7. The SMILES string of the molecule is CC(C)CC(NC(=O)C1CCCN1C(=O)CNC(=O)CNC(=O)C(CO)NC(=O)C(N)Cc1ccccc1)C(=O)O. The minimum Gasteiger partial charge on any atom is -0.480 e. The summed E-state index contributed by atoms with van der Waals surface area (Å²) >= 11 is 0. The molecule has 4 unspecified atom stereocenters. The van der Waals surface area contributed by atoms with E-state index in [-0.39, 0.29) is 25.3 Å². The quantitative estimate of drug-likeness (QED) is 0.121. The first-order valence-corrected chi connectivity index (χ1v) is 13.5. The van der Waals surface area contributed by atoms with Gasteiger partial charge in [0, 0.05) is 6.54 Å². The van der Waals surface area contributed by atoms with Crippen LogP contribution in [0.5, 0.6) is 0 Å². The average Bonchev–Trinajstić information content (AvgIpc) is 3.43. The number of rotatable bonds is 15. The standard InChI is InChI=1S/C27H40N6O8/c1-16(2)11-19(27(40)41)31-26(39)21-9-6-10-33(21)23(36)14-29-22(35)13-30-25(38)20(15-34)32-24(37)18(28)12-17-7-4-3-5-8-17/h3-5,7-8,16,18-21,34H,6,9-15,28H2,1-2H3,(H,29,35)(H,30,38)(H,31,39)(H,32,37)(H,40,41). The van der Waals surface area contributed by atoms with E-state index in [4.69, 9.17) is 5.73 Å². The largest absolute Gasteiger partial charge is 0.480 e. The van der Waals surface area contributed by atoms with Crippen LogP contribution in [0.15, 0.2) is 30.3 Å². The van der Waals surface area contributed by atoms with Gasteiger partial charge in [-0.05, 0) is 37.2 Å². The Kier molecular flexibility index (Phi) is 13.2. The van der Waals surface area contributed by atoms with Crippen LogP contribution >= 0.6 is 0 Å². The zero-order valence-electron chi connectivity index (χ0n) is 23.3. The Morgan fingerprint density at radius 1 is 0.976 bits per heavy atom. The molecule has 41 heavy (non-hydrogen) atoms. The van der Waals surface area contributed by atoms with Crippen LogP contribution in [0.25, 0.3) is 0 Å². The van der Waals surface area contributed by atoms with Crippen LogP contribution in [-0.2, 0) is 35.2 Å². The number of benzene rings is 1. The highest BCUT2D eigenvalue weighted by Gasteiger charge is 2.36. The Labute approximate surface area is 238 Å². The molecule has 1 aliphatic rings. The van der Waals surface area contributed by atoms with Crippen molar-refractivity contribution in [2.24, 2.45) is 11.7 Å². The topological polar surface area (TPSA) is 220 Å². The highest BCUT2D eigenvalue weighted by molar-refractivity contribution is 5.94. The van der Waals surface area contributed by atoms with Gasteiger partial charge in [-0.25, -0.2) is 4.79 Å². The first-order chi connectivity index (χ1) is 19.4. The second-order valence-corrected chi connectivity index (χ2v) is 10.3. The van der Waals surface area contributed by atoms with Crippen LogP contribution in [0.2, 0.25) is 0 Å². The van der Waals surface area contributed by atoms with Crippen molar-refractivity contribution in [1.82, 2.24) is 26.2 Å². The molecule has 0 saturated carbocycles. The number of carbonyl (C=O) groups is 6. The van der Waals surface area contributed by atoms with Gasteiger partial charge in [-0.2, -0.15) is 0 Å². The van der Waals surface area contributed by atoms with E-state index in [1.165, 1.54) is 4.90 Å². The van der Waals surface area contributed by atoms with Gasteiger partial charge in [-0.1, -0.05) is 44.2 Å². The van der Waals surface area contributed by atoms with Crippen molar-refractivity contribution in [2.45, 2.75) is 63.7 Å². The van der Waals surface area contributed by atoms with E-state index in [2.05, 4.69) is 21.3 Å². The minimum absolute atomic E-state index is 0.0366. The molecule has 4 atom stereocenters. The lowest BCUT2D eigenvalue weighted by molar-refractivity contribution is -0.144. The van der Waals surface area contributed by atoms with Crippen molar-refractivity contribution in [2.75, 3.05) is 26.2 Å². The minimum atomic E-state index is -1.34. The molecule has 0 aliphatic carbocycles. The summed E-state index contributed by atoms with van der Waals surface area (Å²) in [4.78, 5) is 75.2. The van der Waals surface area contributed by atoms with Gasteiger partial charge in [0.15, 0.2) is 0 Å². The molecule has 1 aromatic rings. The summed E-state index contributed by atoms with van der Waals surface area (Å²) in [6.45, 7) is 2.24. The predicted octanol–water partition coefficient (Wildman–Crippen LogP) is -2.13. The van der Waals surface area contributed by atoms with Gasteiger partial charge in [0.2, 0.25) is 29.5 Å². The number of amides is 5. The number of hydrogen-bond acceptors (Lipinski definition) is 8. The molecule has 1 heterocycles. The molecule has 0 spiro atoms. The smallest absolute Gasteiger partial charge is 0.326 e. The fourth-order valence-corrected chi connectivity index (χ4v) is 4.36. The van der Waals surface area contributed by atoms with Crippen LogP contribution in [-0.4, -0.2) is 101 Å². The van der Waals surface area contributed by atoms with E-state index < -0.39 is 79.4 Å². The van der Waals surface area contributed by atoms with Crippen LogP contribution in [0.3, 0.4) is 0 Å². The molecule has 5 amide bonds. The average molecular weight is 577 g/mol. The Morgan fingerprint density at radius 2 is 1.66 bits per heavy atom. The van der Waals surface area contributed by atoms with Crippen LogP contribution < -0.4 is 27.0 Å². The maximum atomic E-state index is 12.7. The number of likely N-dealkylation sites (tertiary alicyclic amines) is 1. The van der Waals surface area contributed by atoms with Crippen molar-refractivity contribution in [3.8, 4) is 0 Å². The predicted molar refractivity (Wildman–Crippen MR) is 147 cm³/mol. The van der Waals surface area contributed by atoms with Crippen LogP contribution in [0, 0.1) is 5.92 Å². The lowest BCUT2D eigenvalue weighted by Crippen LogP contribution is -2.55. The van der Waals surface area contributed by atoms with E-state index >= 15 is 0 Å². The molecule has 0 bridgehead atoms. The summed E-state index contributed by atoms with van der Waals surface area (Å²) in [6.07, 6.45) is 1.36. The third-order valence-electron chi connectivity index (χ3n) is 6.51. The molecular weight excluding hydrogens is 536 g/mol. The highest BCUT2D eigenvalue weighted by Crippen LogP contribution is 2.18. The number of nitrogens with two attached hydrogens (primary N) is 1. The number of carbonyl (C=O) groups excluding carboxylic acids is 5. The molecule has 14 nitrogen and oxygen atoms in total. The Balaban J connectivity index is 1.79. The van der Waals surface area contributed by atoms with Gasteiger partial charge < -0.3 is 42.1 Å². The first kappa shape index (κ1) is 33.2. The van der Waals surface area contributed by atoms with Gasteiger partial charge in [0.05, 0.1) is 25.7 Å². The Hall–Kier alpha value is -4.04. The zero-order chi connectivity index (χ0) is 30.5. The van der Waals surface area contributed by atoms with Gasteiger partial charge in [0.25, 0.3) is 0 Å². The summed E-state index contributed by atoms with van der Waals surface area (Å²) in [7, 11) is 0.